The fourth-order valence-corrected chi connectivity index (χ4v) is 2.79. The van der Waals surface area contributed by atoms with E-state index in [0.29, 0.717) is 0 Å². The third-order valence-corrected chi connectivity index (χ3v) is 3.98. The molecule has 2 heterocycles. The van der Waals surface area contributed by atoms with Gasteiger partial charge in [-0.1, -0.05) is 0 Å². The summed E-state index contributed by atoms with van der Waals surface area (Å²) >= 11 is 0. The highest BCUT2D eigenvalue weighted by Crippen LogP contribution is 2.25. The number of nitro benzene ring substituents is 1. The summed E-state index contributed by atoms with van der Waals surface area (Å²) in [5.41, 5.74) is -0.0321. The number of nitrogens with zero attached hydrogens (tertiary/aromatic N) is 5. The summed E-state index contributed by atoms with van der Waals surface area (Å²) in [6.07, 6.45) is 2.30. The lowest BCUT2D eigenvalue weighted by Gasteiger charge is -2.34. The van der Waals surface area contributed by atoms with Crippen LogP contribution >= 0.6 is 0 Å². The minimum absolute atomic E-state index is 0.0952. The monoisotopic (exact) mass is 361 g/mol. The lowest BCUT2D eigenvalue weighted by Crippen LogP contribution is -2.49. The van der Waals surface area contributed by atoms with Gasteiger partial charge in [0.1, 0.15) is 18.3 Å². The number of hydrogen-bond donors (Lipinski definition) is 1. The van der Waals surface area contributed by atoms with Crippen molar-refractivity contribution >= 4 is 17.6 Å². The van der Waals surface area contributed by atoms with E-state index in [9.17, 15) is 19.7 Å². The zero-order valence-electron chi connectivity index (χ0n) is 13.5. The van der Waals surface area contributed by atoms with Crippen molar-refractivity contribution < 1.29 is 24.4 Å². The molecule has 0 saturated carbocycles. The fourth-order valence-electron chi connectivity index (χ4n) is 2.79. The molecule has 11 nitrogen and oxygen atoms in total. The molecule has 11 heteroatoms. The number of nitro groups is 1. The Morgan fingerprint density at radius 3 is 2.88 bits per heavy atom. The van der Waals surface area contributed by atoms with Gasteiger partial charge in [-0.05, 0) is 12.1 Å². The largest absolute Gasteiger partial charge is 0.481 e. The van der Waals surface area contributed by atoms with E-state index in [1.54, 1.807) is 0 Å². The second-order valence-corrected chi connectivity index (χ2v) is 5.63. The maximum Gasteiger partial charge on any atom is 0.305 e. The van der Waals surface area contributed by atoms with Crippen molar-refractivity contribution in [3.8, 4) is 5.69 Å². The SMILES string of the molecule is O=C(O)CC1COCCN1C(=O)c1ccc(-n2cncn2)c([N+](=O)[O-])c1. The summed E-state index contributed by atoms with van der Waals surface area (Å²) in [7, 11) is 0. The van der Waals surface area contributed by atoms with Gasteiger partial charge in [0.05, 0.1) is 30.6 Å². The van der Waals surface area contributed by atoms with Gasteiger partial charge in [-0.3, -0.25) is 19.7 Å². The van der Waals surface area contributed by atoms with Crippen molar-refractivity contribution in [3.63, 3.8) is 0 Å². The molecule has 1 aliphatic rings. The van der Waals surface area contributed by atoms with Crippen molar-refractivity contribution in [2.75, 3.05) is 19.8 Å². The Morgan fingerprint density at radius 2 is 2.23 bits per heavy atom. The van der Waals surface area contributed by atoms with Crippen LogP contribution in [0.1, 0.15) is 16.8 Å². The fraction of sp³-hybridized carbons (Fsp3) is 0.333. The molecule has 0 bridgehead atoms. The maximum atomic E-state index is 12.8. The molecule has 2 aromatic rings. The number of amides is 1. The number of aromatic nitrogens is 3. The minimum atomic E-state index is -1.05. The third-order valence-electron chi connectivity index (χ3n) is 3.98. The van der Waals surface area contributed by atoms with Gasteiger partial charge in [-0.2, -0.15) is 5.10 Å². The summed E-state index contributed by atoms with van der Waals surface area (Å²) in [5, 5.41) is 24.3. The molecule has 0 spiro atoms. The van der Waals surface area contributed by atoms with Crippen LogP contribution < -0.4 is 0 Å². The normalized spacial score (nSPS) is 17.1. The van der Waals surface area contributed by atoms with Crippen molar-refractivity contribution in [3.05, 3.63) is 46.5 Å². The summed E-state index contributed by atoms with van der Waals surface area (Å²) in [6, 6.07) is 3.39. The first-order valence-electron chi connectivity index (χ1n) is 7.71. The second-order valence-electron chi connectivity index (χ2n) is 5.63. The van der Waals surface area contributed by atoms with Crippen molar-refractivity contribution in [2.45, 2.75) is 12.5 Å². The third kappa shape index (κ3) is 3.52. The first-order chi connectivity index (χ1) is 12.5. The number of benzene rings is 1. The van der Waals surface area contributed by atoms with E-state index in [4.69, 9.17) is 9.84 Å². The Kier molecular flexibility index (Phi) is 4.89. The van der Waals surface area contributed by atoms with Crippen LogP contribution in [0.15, 0.2) is 30.9 Å². The van der Waals surface area contributed by atoms with E-state index in [1.165, 1.54) is 34.4 Å². The smallest absolute Gasteiger partial charge is 0.305 e. The lowest BCUT2D eigenvalue weighted by molar-refractivity contribution is -0.384. The number of morpholine rings is 1. The molecule has 3 rings (SSSR count). The molecule has 1 fully saturated rings. The number of hydrogen-bond acceptors (Lipinski definition) is 7. The molecule has 0 aliphatic carbocycles. The van der Waals surface area contributed by atoms with Gasteiger partial charge in [-0.15, -0.1) is 0 Å². The van der Waals surface area contributed by atoms with Gasteiger partial charge in [0, 0.05) is 18.2 Å². The first-order valence-corrected chi connectivity index (χ1v) is 7.71. The lowest BCUT2D eigenvalue weighted by atomic mass is 10.1. The van der Waals surface area contributed by atoms with E-state index in [0.717, 1.165) is 6.07 Å². The summed E-state index contributed by atoms with van der Waals surface area (Å²) in [4.78, 5) is 39.7. The molecule has 1 unspecified atom stereocenters. The number of carbonyl (C=O) groups excluding carboxylic acids is 1. The Labute approximate surface area is 147 Å². The van der Waals surface area contributed by atoms with Gasteiger partial charge < -0.3 is 14.7 Å². The van der Waals surface area contributed by atoms with E-state index in [1.807, 2.05) is 0 Å². The predicted molar refractivity (Wildman–Crippen MR) is 85.9 cm³/mol. The number of rotatable bonds is 5. The number of aliphatic carboxylic acids is 1. The van der Waals surface area contributed by atoms with Crippen LogP contribution in [0.25, 0.3) is 5.69 Å². The molecule has 0 radical (unpaired) electrons. The minimum Gasteiger partial charge on any atom is -0.481 e. The molecular formula is C15H15N5O6. The van der Waals surface area contributed by atoms with Crippen molar-refractivity contribution in [1.29, 1.82) is 0 Å². The highest BCUT2D eigenvalue weighted by atomic mass is 16.6. The molecule has 1 aliphatic heterocycles. The average Bonchev–Trinajstić information content (AvgIpc) is 3.15. The van der Waals surface area contributed by atoms with Crippen LogP contribution in [-0.4, -0.2) is 67.4 Å². The van der Waals surface area contributed by atoms with Gasteiger partial charge in [-0.25, -0.2) is 9.67 Å². The summed E-state index contributed by atoms with van der Waals surface area (Å²) < 4.78 is 6.48. The Hall–Kier alpha value is -3.34. The molecule has 1 aromatic carbocycles. The van der Waals surface area contributed by atoms with Crippen LogP contribution in [0, 0.1) is 10.1 Å². The maximum absolute atomic E-state index is 12.8. The Morgan fingerprint density at radius 1 is 1.42 bits per heavy atom. The standard InChI is InChI=1S/C15H15N5O6/c21-14(22)6-11-7-26-4-3-18(11)15(23)10-1-2-12(13(5-10)20(24)25)19-9-16-8-17-19/h1-2,5,8-9,11H,3-4,6-7H2,(H,21,22). The summed E-state index contributed by atoms with van der Waals surface area (Å²) in [6.45, 7) is 0.605. The Bertz CT molecular complexity index is 837. The highest BCUT2D eigenvalue weighted by molar-refractivity contribution is 5.96. The second kappa shape index (κ2) is 7.27. The first kappa shape index (κ1) is 17.5. The highest BCUT2D eigenvalue weighted by Gasteiger charge is 2.31. The van der Waals surface area contributed by atoms with E-state index in [-0.39, 0.29) is 43.1 Å². The molecule has 1 atom stereocenters. The van der Waals surface area contributed by atoms with Crippen molar-refractivity contribution in [2.24, 2.45) is 0 Å². The molecule has 1 N–H and O–H groups in total. The Balaban J connectivity index is 1.93. The van der Waals surface area contributed by atoms with Gasteiger partial charge in [0.2, 0.25) is 0 Å². The van der Waals surface area contributed by atoms with Crippen LogP contribution in [0.5, 0.6) is 0 Å². The van der Waals surface area contributed by atoms with Crippen LogP contribution in [-0.2, 0) is 9.53 Å². The number of carboxylic acids is 1. The predicted octanol–water partition coefficient (Wildman–Crippen LogP) is 0.491. The van der Waals surface area contributed by atoms with E-state index >= 15 is 0 Å². The zero-order valence-corrected chi connectivity index (χ0v) is 13.5. The zero-order chi connectivity index (χ0) is 18.7. The molecule has 1 saturated heterocycles. The quantitative estimate of drug-likeness (QED) is 0.599. The number of carboxylic acid groups (broad SMARTS) is 1. The van der Waals surface area contributed by atoms with Crippen LogP contribution in [0.4, 0.5) is 5.69 Å². The van der Waals surface area contributed by atoms with E-state index < -0.39 is 22.8 Å². The van der Waals surface area contributed by atoms with E-state index in [2.05, 4.69) is 10.1 Å². The van der Waals surface area contributed by atoms with Crippen LogP contribution in [0.2, 0.25) is 0 Å². The van der Waals surface area contributed by atoms with Gasteiger partial charge >= 0.3 is 5.97 Å². The molecule has 136 valence electrons. The molecule has 1 amide bonds. The van der Waals surface area contributed by atoms with Gasteiger partial charge in [0.25, 0.3) is 11.6 Å². The van der Waals surface area contributed by atoms with Crippen molar-refractivity contribution in [1.82, 2.24) is 19.7 Å². The number of carbonyl (C=O) groups is 2. The molecule has 1 aromatic heterocycles. The summed E-state index contributed by atoms with van der Waals surface area (Å²) in [5.74, 6) is -1.53. The number of ether oxygens (including phenoxy) is 1. The topological polar surface area (TPSA) is 141 Å². The van der Waals surface area contributed by atoms with Gasteiger partial charge in [0.15, 0.2) is 0 Å². The molecule has 26 heavy (non-hydrogen) atoms. The average molecular weight is 361 g/mol. The van der Waals surface area contributed by atoms with Crippen LogP contribution in [0.3, 0.4) is 0 Å². The molecular weight excluding hydrogens is 346 g/mol.